The molecule has 2 aliphatic rings. The van der Waals surface area contributed by atoms with Gasteiger partial charge in [-0.25, -0.2) is 0 Å². The minimum absolute atomic E-state index is 0.0524. The molecule has 1 aliphatic heterocycles. The average molecular weight is 413 g/mol. The first-order valence-corrected chi connectivity index (χ1v) is 9.61. The molecular formula is C20H17BrN2OS. The third-order valence-electron chi connectivity index (χ3n) is 4.89. The van der Waals surface area contributed by atoms with Gasteiger partial charge < -0.3 is 0 Å². The van der Waals surface area contributed by atoms with Crippen molar-refractivity contribution in [3.63, 3.8) is 0 Å². The van der Waals surface area contributed by atoms with Crippen molar-refractivity contribution in [2.45, 2.75) is 31.3 Å². The van der Waals surface area contributed by atoms with E-state index in [1.165, 1.54) is 0 Å². The van der Waals surface area contributed by atoms with E-state index in [1.807, 2.05) is 54.6 Å². The Morgan fingerprint density at radius 1 is 1.04 bits per heavy atom. The molecule has 0 unspecified atom stereocenters. The maximum atomic E-state index is 13.2. The van der Waals surface area contributed by atoms with Gasteiger partial charge in [-0.1, -0.05) is 58.5 Å². The van der Waals surface area contributed by atoms with Gasteiger partial charge in [-0.3, -0.25) is 14.7 Å². The van der Waals surface area contributed by atoms with Crippen molar-refractivity contribution in [1.29, 1.82) is 0 Å². The first-order valence-electron chi connectivity index (χ1n) is 8.40. The van der Waals surface area contributed by atoms with Gasteiger partial charge >= 0.3 is 0 Å². The fraction of sp³-hybridized carbons (Fsp3) is 0.250. The monoisotopic (exact) mass is 412 g/mol. The Kier molecular flexibility index (Phi) is 4.29. The summed E-state index contributed by atoms with van der Waals surface area (Å²) in [6.45, 7) is 0. The Morgan fingerprint density at radius 2 is 1.68 bits per heavy atom. The number of rotatable bonds is 2. The highest BCUT2D eigenvalue weighted by molar-refractivity contribution is 9.10. The minimum Gasteiger partial charge on any atom is -0.271 e. The van der Waals surface area contributed by atoms with Crippen molar-refractivity contribution < 1.29 is 4.79 Å². The molecule has 3 nitrogen and oxygen atoms in total. The third-order valence-corrected chi connectivity index (χ3v) is 5.79. The number of thiocarbonyl (C=S) groups is 1. The Hall–Kier alpha value is -1.85. The molecule has 126 valence electrons. The van der Waals surface area contributed by atoms with Crippen molar-refractivity contribution in [1.82, 2.24) is 4.90 Å². The fourth-order valence-electron chi connectivity index (χ4n) is 3.66. The highest BCUT2D eigenvalue weighted by Gasteiger charge is 2.50. The lowest BCUT2D eigenvalue weighted by Crippen LogP contribution is -2.48. The minimum atomic E-state index is -0.508. The molecule has 1 fully saturated rings. The van der Waals surface area contributed by atoms with Crippen molar-refractivity contribution in [2.24, 2.45) is 4.99 Å². The van der Waals surface area contributed by atoms with Crippen LogP contribution in [0.25, 0.3) is 0 Å². The van der Waals surface area contributed by atoms with Crippen LogP contribution >= 0.6 is 28.1 Å². The van der Waals surface area contributed by atoms with Crippen LogP contribution < -0.4 is 0 Å². The number of nitrogens with zero attached hydrogens (tertiary/aromatic N) is 2. The number of hydrogen-bond donors (Lipinski definition) is 0. The van der Waals surface area contributed by atoms with E-state index in [0.29, 0.717) is 10.6 Å². The van der Waals surface area contributed by atoms with Gasteiger partial charge in [0.2, 0.25) is 0 Å². The molecule has 0 bridgehead atoms. The van der Waals surface area contributed by atoms with E-state index in [2.05, 4.69) is 15.9 Å². The molecule has 1 aliphatic carbocycles. The predicted octanol–water partition coefficient (Wildman–Crippen LogP) is 4.99. The summed E-state index contributed by atoms with van der Waals surface area (Å²) in [5.74, 6) is -0.0524. The van der Waals surface area contributed by atoms with Crippen molar-refractivity contribution in [3.05, 3.63) is 70.2 Å². The van der Waals surface area contributed by atoms with Crippen LogP contribution in [-0.2, 0) is 0 Å². The van der Waals surface area contributed by atoms with Gasteiger partial charge in [-0.05, 0) is 49.9 Å². The Balaban J connectivity index is 1.76. The van der Waals surface area contributed by atoms with Crippen molar-refractivity contribution in [2.75, 3.05) is 0 Å². The maximum Gasteiger partial charge on any atom is 0.260 e. The molecule has 0 saturated heterocycles. The number of benzene rings is 2. The van der Waals surface area contributed by atoms with Gasteiger partial charge in [-0.2, -0.15) is 0 Å². The van der Waals surface area contributed by atoms with Crippen molar-refractivity contribution in [3.8, 4) is 0 Å². The first kappa shape index (κ1) is 16.6. The molecule has 0 radical (unpaired) electrons. The van der Waals surface area contributed by atoms with Crippen LogP contribution in [0.2, 0.25) is 0 Å². The number of amides is 1. The lowest BCUT2D eigenvalue weighted by molar-refractivity contribution is 0.0724. The average Bonchev–Trinajstić information content (AvgIpc) is 3.21. The van der Waals surface area contributed by atoms with E-state index in [-0.39, 0.29) is 5.91 Å². The molecule has 2 aromatic carbocycles. The first-order chi connectivity index (χ1) is 12.1. The standard InChI is InChI=1S/C20H17BrN2OS/c21-16-10-8-14(9-11-16)17-19(25)23(20(22-17)12-4-5-13-20)18(24)15-6-2-1-3-7-15/h1-3,6-11H,4-5,12-13H2. The summed E-state index contributed by atoms with van der Waals surface area (Å²) in [7, 11) is 0. The lowest BCUT2D eigenvalue weighted by atomic mass is 10.1. The van der Waals surface area contributed by atoms with E-state index >= 15 is 0 Å². The zero-order valence-electron chi connectivity index (χ0n) is 13.6. The molecule has 5 heteroatoms. The van der Waals surface area contributed by atoms with Crippen LogP contribution in [0.1, 0.15) is 41.6 Å². The van der Waals surface area contributed by atoms with E-state index in [9.17, 15) is 4.79 Å². The third kappa shape index (κ3) is 2.85. The molecule has 0 N–H and O–H groups in total. The molecule has 1 amide bonds. The SMILES string of the molecule is O=C(c1ccccc1)N1C(=S)C(c2ccc(Br)cc2)=NC12CCCC2. The van der Waals surface area contributed by atoms with Gasteiger partial charge in [0.15, 0.2) is 0 Å². The summed E-state index contributed by atoms with van der Waals surface area (Å²) in [6.07, 6.45) is 3.87. The normalized spacial score (nSPS) is 18.7. The van der Waals surface area contributed by atoms with Crippen LogP contribution in [0.5, 0.6) is 0 Å². The van der Waals surface area contributed by atoms with Gasteiger partial charge in [-0.15, -0.1) is 0 Å². The second-order valence-electron chi connectivity index (χ2n) is 6.47. The Morgan fingerprint density at radius 3 is 2.32 bits per heavy atom. The fourth-order valence-corrected chi connectivity index (χ4v) is 4.35. The molecule has 25 heavy (non-hydrogen) atoms. The van der Waals surface area contributed by atoms with E-state index in [0.717, 1.165) is 41.4 Å². The summed E-state index contributed by atoms with van der Waals surface area (Å²) in [4.78, 5) is 20.5. The van der Waals surface area contributed by atoms with Gasteiger partial charge in [0, 0.05) is 15.6 Å². The largest absolute Gasteiger partial charge is 0.271 e. The van der Waals surface area contributed by atoms with Crippen LogP contribution in [-0.4, -0.2) is 27.2 Å². The second-order valence-corrected chi connectivity index (χ2v) is 7.77. The summed E-state index contributed by atoms with van der Waals surface area (Å²) in [5, 5.41) is 0. The Labute approximate surface area is 160 Å². The van der Waals surface area contributed by atoms with Gasteiger partial charge in [0.1, 0.15) is 16.4 Å². The van der Waals surface area contributed by atoms with Crippen LogP contribution in [0.3, 0.4) is 0 Å². The highest BCUT2D eigenvalue weighted by Crippen LogP contribution is 2.42. The summed E-state index contributed by atoms with van der Waals surface area (Å²) >= 11 is 9.18. The molecule has 1 saturated carbocycles. The number of halogens is 1. The maximum absolute atomic E-state index is 13.2. The summed E-state index contributed by atoms with van der Waals surface area (Å²) in [6, 6.07) is 17.3. The zero-order chi connectivity index (χ0) is 17.4. The Bertz CT molecular complexity index is 855. The van der Waals surface area contributed by atoms with Crippen LogP contribution in [0.4, 0.5) is 0 Å². The summed E-state index contributed by atoms with van der Waals surface area (Å²) < 4.78 is 1.01. The van der Waals surface area contributed by atoms with Crippen molar-refractivity contribution >= 4 is 44.8 Å². The lowest BCUT2D eigenvalue weighted by Gasteiger charge is -2.32. The van der Waals surface area contributed by atoms with Crippen LogP contribution in [0, 0.1) is 0 Å². The smallest absolute Gasteiger partial charge is 0.260 e. The number of aliphatic imine (C=N–C) groups is 1. The molecule has 0 aromatic heterocycles. The molecule has 2 aromatic rings. The topological polar surface area (TPSA) is 32.7 Å². The predicted molar refractivity (Wildman–Crippen MR) is 107 cm³/mol. The zero-order valence-corrected chi connectivity index (χ0v) is 16.0. The highest BCUT2D eigenvalue weighted by atomic mass is 79.9. The molecule has 0 atom stereocenters. The van der Waals surface area contributed by atoms with E-state index in [4.69, 9.17) is 17.2 Å². The van der Waals surface area contributed by atoms with Gasteiger partial charge in [0.25, 0.3) is 5.91 Å². The van der Waals surface area contributed by atoms with E-state index < -0.39 is 5.66 Å². The summed E-state index contributed by atoms with van der Waals surface area (Å²) in [5.41, 5.74) is 1.87. The number of hydrogen-bond acceptors (Lipinski definition) is 3. The molecule has 4 rings (SSSR count). The second kappa shape index (κ2) is 6.46. The van der Waals surface area contributed by atoms with E-state index in [1.54, 1.807) is 4.90 Å². The van der Waals surface area contributed by atoms with Crippen LogP contribution in [0.15, 0.2) is 64.1 Å². The number of carbonyl (C=O) groups excluding carboxylic acids is 1. The molecule has 1 heterocycles. The molecule has 1 spiro atoms. The quantitative estimate of drug-likeness (QED) is 0.650. The van der Waals surface area contributed by atoms with Gasteiger partial charge in [0.05, 0.1) is 0 Å². The molecular weight excluding hydrogens is 396 g/mol. The number of carbonyl (C=O) groups is 1.